The predicted octanol–water partition coefficient (Wildman–Crippen LogP) is 11.0. The molecule has 0 aliphatic carbocycles. The summed E-state index contributed by atoms with van der Waals surface area (Å²) in [6.45, 7) is 4.63. The lowest BCUT2D eigenvalue weighted by molar-refractivity contribution is 0.632. The predicted molar refractivity (Wildman–Crippen MR) is 192 cm³/mol. The van der Waals surface area contributed by atoms with Crippen molar-refractivity contribution in [1.82, 2.24) is 15.0 Å². The Bertz CT molecular complexity index is 2190. The monoisotopic (exact) mass is 625 g/mol. The zero-order chi connectivity index (χ0) is 31.5. The van der Waals surface area contributed by atoms with Crippen LogP contribution in [0.4, 0.5) is 34.1 Å². The summed E-state index contributed by atoms with van der Waals surface area (Å²) < 4.78 is 1.86. The van der Waals surface area contributed by atoms with Gasteiger partial charge in [-0.05, 0) is 77.9 Å². The van der Waals surface area contributed by atoms with Gasteiger partial charge in [0, 0.05) is 32.1 Å². The third-order valence-corrected chi connectivity index (χ3v) is 10.5. The van der Waals surface area contributed by atoms with Crippen molar-refractivity contribution in [1.29, 1.82) is 0 Å². The summed E-state index contributed by atoms with van der Waals surface area (Å²) in [5.41, 5.74) is 12.3. The second-order valence-corrected chi connectivity index (χ2v) is 13.6. The molecule has 9 rings (SSSR count). The first-order chi connectivity index (χ1) is 23.1. The normalized spacial score (nSPS) is 14.2. The molecule has 47 heavy (non-hydrogen) atoms. The lowest BCUT2D eigenvalue weighted by Crippen LogP contribution is -2.30. The van der Waals surface area contributed by atoms with Gasteiger partial charge < -0.3 is 9.80 Å². The molecule has 0 spiro atoms. The van der Waals surface area contributed by atoms with Crippen molar-refractivity contribution in [3.63, 3.8) is 0 Å². The molecule has 0 saturated heterocycles. The van der Waals surface area contributed by atoms with Gasteiger partial charge in [0.05, 0.1) is 34.6 Å². The third-order valence-electron chi connectivity index (χ3n) is 9.34. The minimum absolute atomic E-state index is 0.0842. The molecule has 2 aliphatic rings. The lowest BCUT2D eigenvalue weighted by atomic mass is 9.73. The second kappa shape index (κ2) is 10.7. The lowest BCUT2D eigenvalue weighted by Gasteiger charge is -2.42. The van der Waals surface area contributed by atoms with E-state index >= 15 is 0 Å². The van der Waals surface area contributed by atoms with Gasteiger partial charge in [0.25, 0.3) is 0 Å². The average molecular weight is 626 g/mol. The van der Waals surface area contributed by atoms with Crippen LogP contribution in [0.5, 0.6) is 0 Å². The molecule has 0 radical (unpaired) electrons. The second-order valence-electron chi connectivity index (χ2n) is 12.5. The van der Waals surface area contributed by atoms with Crippen molar-refractivity contribution in [3.05, 3.63) is 163 Å². The van der Waals surface area contributed by atoms with Crippen LogP contribution in [0.15, 0.2) is 162 Å². The molecule has 0 atom stereocenters. The molecule has 2 aliphatic heterocycles. The van der Waals surface area contributed by atoms with Gasteiger partial charge >= 0.3 is 0 Å². The molecule has 0 saturated carbocycles. The number of rotatable bonds is 4. The van der Waals surface area contributed by atoms with Crippen LogP contribution in [-0.2, 0) is 5.41 Å². The quantitative estimate of drug-likeness (QED) is 0.194. The summed E-state index contributed by atoms with van der Waals surface area (Å²) >= 11 is 1.81. The van der Waals surface area contributed by atoms with Gasteiger partial charge in [0.15, 0.2) is 0 Å². The number of aromatic nitrogens is 3. The topological polar surface area (TPSA) is 37.2 Å². The number of hydrogen-bond acceptors (Lipinski definition) is 5. The zero-order valence-electron chi connectivity index (χ0n) is 26.1. The number of benzene rings is 6. The highest BCUT2D eigenvalue weighted by Gasteiger charge is 2.36. The summed E-state index contributed by atoms with van der Waals surface area (Å²) in [7, 11) is 0. The SMILES string of the molecule is CC1(C)c2ccccc2N(c2ccc(-c3cn(-c4cccc(N5c6ccccc6Sc6ccccc65)c4)nn3)cc2)c2ccccc21. The van der Waals surface area contributed by atoms with Crippen molar-refractivity contribution in [2.24, 2.45) is 0 Å². The molecule has 6 aromatic carbocycles. The van der Waals surface area contributed by atoms with Gasteiger partial charge in [-0.15, -0.1) is 5.10 Å². The summed E-state index contributed by atoms with van der Waals surface area (Å²) in [6, 6.07) is 51.8. The maximum Gasteiger partial charge on any atom is 0.113 e. The van der Waals surface area contributed by atoms with E-state index < -0.39 is 0 Å². The molecule has 0 bridgehead atoms. The molecule has 3 heterocycles. The molecule has 6 heteroatoms. The zero-order valence-corrected chi connectivity index (χ0v) is 26.9. The van der Waals surface area contributed by atoms with Crippen LogP contribution in [0.1, 0.15) is 25.0 Å². The highest BCUT2D eigenvalue weighted by Crippen LogP contribution is 2.52. The Morgan fingerprint density at radius 2 is 1.04 bits per heavy atom. The Kier molecular flexibility index (Phi) is 6.34. The summed E-state index contributed by atoms with van der Waals surface area (Å²) in [4.78, 5) is 7.18. The molecule has 0 fully saturated rings. The number of para-hydroxylation sites is 4. The van der Waals surface area contributed by atoms with Crippen LogP contribution in [0.2, 0.25) is 0 Å². The van der Waals surface area contributed by atoms with Crippen LogP contribution < -0.4 is 9.80 Å². The largest absolute Gasteiger partial charge is 0.310 e. The van der Waals surface area contributed by atoms with E-state index in [1.165, 1.54) is 43.7 Å². The van der Waals surface area contributed by atoms with E-state index in [4.69, 9.17) is 0 Å². The number of fused-ring (bicyclic) bond motifs is 4. The molecule has 0 amide bonds. The Morgan fingerprint density at radius 1 is 0.511 bits per heavy atom. The van der Waals surface area contributed by atoms with Gasteiger partial charge in [0.2, 0.25) is 0 Å². The minimum Gasteiger partial charge on any atom is -0.310 e. The standard InChI is InChI=1S/C41H31N5S/c1-41(2)32-14-3-5-16-35(32)45(36-17-6-4-15-33(36)41)29-24-22-28(23-25-29)34-27-44(43-42-34)30-12-11-13-31(26-30)46-37-18-7-9-20-39(37)47-40-21-10-8-19-38(40)46/h3-27H,1-2H3. The van der Waals surface area contributed by atoms with Gasteiger partial charge in [-0.1, -0.05) is 110 Å². The van der Waals surface area contributed by atoms with E-state index in [1.54, 1.807) is 0 Å². The first-order valence-electron chi connectivity index (χ1n) is 15.8. The van der Waals surface area contributed by atoms with Gasteiger partial charge in [-0.25, -0.2) is 4.68 Å². The summed E-state index contributed by atoms with van der Waals surface area (Å²) in [6.07, 6.45) is 2.01. The first-order valence-corrected chi connectivity index (χ1v) is 16.7. The maximum atomic E-state index is 4.59. The molecule has 5 nitrogen and oxygen atoms in total. The van der Waals surface area contributed by atoms with Crippen molar-refractivity contribution >= 4 is 45.9 Å². The minimum atomic E-state index is -0.0842. The number of nitrogens with zero attached hydrogens (tertiary/aromatic N) is 5. The van der Waals surface area contributed by atoms with Crippen LogP contribution in [0.25, 0.3) is 16.9 Å². The summed E-state index contributed by atoms with van der Waals surface area (Å²) in [5.74, 6) is 0. The number of anilines is 6. The molecule has 0 N–H and O–H groups in total. The maximum absolute atomic E-state index is 4.59. The fourth-order valence-electron chi connectivity index (χ4n) is 7.01. The van der Waals surface area contributed by atoms with Crippen LogP contribution >= 0.6 is 11.8 Å². The molecule has 226 valence electrons. The fourth-order valence-corrected chi connectivity index (χ4v) is 8.07. The van der Waals surface area contributed by atoms with Crippen molar-refractivity contribution in [3.8, 4) is 16.9 Å². The average Bonchev–Trinajstić information content (AvgIpc) is 3.62. The molecular weight excluding hydrogens is 595 g/mol. The summed E-state index contributed by atoms with van der Waals surface area (Å²) in [5, 5.41) is 9.15. The van der Waals surface area contributed by atoms with E-state index in [2.05, 4.69) is 180 Å². The van der Waals surface area contributed by atoms with Crippen LogP contribution in [0.3, 0.4) is 0 Å². The Hall–Kier alpha value is -5.59. The van der Waals surface area contributed by atoms with Crippen molar-refractivity contribution < 1.29 is 0 Å². The van der Waals surface area contributed by atoms with Crippen molar-refractivity contribution in [2.75, 3.05) is 9.80 Å². The molecular formula is C41H31N5S. The van der Waals surface area contributed by atoms with E-state index in [-0.39, 0.29) is 5.41 Å². The van der Waals surface area contributed by atoms with Crippen LogP contribution in [-0.4, -0.2) is 15.0 Å². The molecule has 1 aromatic heterocycles. The van der Waals surface area contributed by atoms with E-state index in [0.717, 1.165) is 28.3 Å². The van der Waals surface area contributed by atoms with Gasteiger partial charge in [-0.3, -0.25) is 0 Å². The van der Waals surface area contributed by atoms with Gasteiger partial charge in [0.1, 0.15) is 5.69 Å². The third kappa shape index (κ3) is 4.48. The molecule has 0 unspecified atom stereocenters. The smallest absolute Gasteiger partial charge is 0.113 e. The van der Waals surface area contributed by atoms with Gasteiger partial charge in [-0.2, -0.15) is 0 Å². The van der Waals surface area contributed by atoms with Crippen molar-refractivity contribution in [2.45, 2.75) is 29.1 Å². The Balaban J connectivity index is 1.05. The van der Waals surface area contributed by atoms with E-state index in [1.807, 2.05) is 22.6 Å². The fraction of sp³-hybridized carbons (Fsp3) is 0.0732. The highest BCUT2D eigenvalue weighted by atomic mass is 32.2. The molecule has 7 aromatic rings. The first kappa shape index (κ1) is 27.7. The number of hydrogen-bond donors (Lipinski definition) is 0. The highest BCUT2D eigenvalue weighted by molar-refractivity contribution is 7.99. The Labute approximate surface area is 278 Å². The van der Waals surface area contributed by atoms with E-state index in [9.17, 15) is 0 Å². The van der Waals surface area contributed by atoms with Crippen LogP contribution in [0, 0.1) is 0 Å². The van der Waals surface area contributed by atoms with E-state index in [0.29, 0.717) is 0 Å². The Morgan fingerprint density at radius 3 is 1.68 bits per heavy atom.